The minimum atomic E-state index is -3.89. The monoisotopic (exact) mass is 657 g/mol. The number of carbonyl (C=O) groups is 1. The van der Waals surface area contributed by atoms with Gasteiger partial charge in [0.15, 0.2) is 29.3 Å². The summed E-state index contributed by atoms with van der Waals surface area (Å²) in [5.41, 5.74) is 2.68. The summed E-state index contributed by atoms with van der Waals surface area (Å²) in [6, 6.07) is 27.9. The molecule has 4 atom stereocenters. The van der Waals surface area contributed by atoms with Gasteiger partial charge >= 0.3 is 0 Å². The van der Waals surface area contributed by atoms with E-state index in [9.17, 15) is 23.4 Å². The standard InChI is InChI=1S/C33H35N7O6S/c1-2-34-32(43)29-27(41)28(42)33(46-29)40-20-36-26-30(35-18-24(21-12-6-3-7-13-21)22-14-8-4-9-15-22)38-25(39-31(26)40)19-37-47(44,45)23-16-10-5-11-17-23/h3-17,20,24,27-29,33,37,41-42H,2,18-19H2,1H3,(H,34,43)(H,35,38,39)/t27-,28+,29-,33+/m0/s1. The first-order chi connectivity index (χ1) is 22.8. The number of carbonyl (C=O) groups excluding carboxylic acids is 1. The van der Waals surface area contributed by atoms with E-state index in [1.165, 1.54) is 23.0 Å². The minimum Gasteiger partial charge on any atom is -0.387 e. The molecule has 1 amide bonds. The van der Waals surface area contributed by atoms with Crippen molar-refractivity contribution in [3.05, 3.63) is 114 Å². The number of nitrogens with zero attached hydrogens (tertiary/aromatic N) is 4. The number of anilines is 1. The van der Waals surface area contributed by atoms with Crippen molar-refractivity contribution in [2.24, 2.45) is 0 Å². The van der Waals surface area contributed by atoms with E-state index in [1.807, 2.05) is 60.7 Å². The van der Waals surface area contributed by atoms with Crippen molar-refractivity contribution in [3.63, 3.8) is 0 Å². The van der Waals surface area contributed by atoms with Crippen LogP contribution in [0, 0.1) is 0 Å². The maximum atomic E-state index is 13.0. The fraction of sp³-hybridized carbons (Fsp3) is 0.273. The highest BCUT2D eigenvalue weighted by molar-refractivity contribution is 7.89. The number of hydrogen-bond acceptors (Lipinski definition) is 10. The van der Waals surface area contributed by atoms with Crippen molar-refractivity contribution < 1.29 is 28.2 Å². The number of fused-ring (bicyclic) bond motifs is 1. The molecule has 3 heterocycles. The van der Waals surface area contributed by atoms with Crippen LogP contribution in [0.15, 0.2) is 102 Å². The van der Waals surface area contributed by atoms with E-state index < -0.39 is 40.5 Å². The van der Waals surface area contributed by atoms with Crippen LogP contribution in [0.1, 0.15) is 36.0 Å². The average molecular weight is 658 g/mol. The summed E-state index contributed by atoms with van der Waals surface area (Å²) in [5.74, 6) is -0.192. The molecular formula is C33H35N7O6S. The molecule has 0 radical (unpaired) electrons. The van der Waals surface area contributed by atoms with Crippen LogP contribution < -0.4 is 15.4 Å². The predicted octanol–water partition coefficient (Wildman–Crippen LogP) is 2.30. The predicted molar refractivity (Wildman–Crippen MR) is 174 cm³/mol. The number of rotatable bonds is 12. The fourth-order valence-electron chi connectivity index (χ4n) is 5.57. The van der Waals surface area contributed by atoms with Crippen LogP contribution in [-0.2, 0) is 26.1 Å². The summed E-state index contributed by atoms with van der Waals surface area (Å²) in [7, 11) is -3.89. The van der Waals surface area contributed by atoms with Crippen molar-refractivity contribution >= 4 is 32.9 Å². The molecule has 0 saturated carbocycles. The Morgan fingerprint density at radius 1 is 0.915 bits per heavy atom. The highest BCUT2D eigenvalue weighted by atomic mass is 32.2. The Hall–Kier alpha value is -4.73. The van der Waals surface area contributed by atoms with Gasteiger partial charge in [0.2, 0.25) is 10.0 Å². The van der Waals surface area contributed by atoms with E-state index in [0.29, 0.717) is 24.4 Å². The maximum Gasteiger partial charge on any atom is 0.252 e. The molecule has 5 aromatic rings. The fourth-order valence-corrected chi connectivity index (χ4v) is 6.57. The second-order valence-corrected chi connectivity index (χ2v) is 12.8. The lowest BCUT2D eigenvalue weighted by atomic mass is 9.91. The highest BCUT2D eigenvalue weighted by Gasteiger charge is 2.47. The van der Waals surface area contributed by atoms with Crippen molar-refractivity contribution in [1.82, 2.24) is 29.6 Å². The number of nitrogens with one attached hydrogen (secondary N) is 3. The number of amides is 1. The molecule has 5 N–H and O–H groups in total. The molecule has 3 aromatic carbocycles. The summed E-state index contributed by atoms with van der Waals surface area (Å²) in [5, 5.41) is 27.6. The van der Waals surface area contributed by atoms with Crippen LogP contribution >= 0.6 is 0 Å². The number of aromatic nitrogens is 4. The summed E-state index contributed by atoms with van der Waals surface area (Å²) < 4.78 is 35.8. The molecule has 13 nitrogen and oxygen atoms in total. The molecule has 1 fully saturated rings. The van der Waals surface area contributed by atoms with Gasteiger partial charge in [0.05, 0.1) is 17.8 Å². The quantitative estimate of drug-likeness (QED) is 0.134. The number of benzene rings is 3. The van der Waals surface area contributed by atoms with Crippen molar-refractivity contribution in [2.75, 3.05) is 18.4 Å². The number of ether oxygens (including phenoxy) is 1. The molecule has 0 bridgehead atoms. The van der Waals surface area contributed by atoms with Gasteiger partial charge in [-0.15, -0.1) is 0 Å². The third kappa shape index (κ3) is 6.87. The molecule has 0 aliphatic carbocycles. The molecule has 0 unspecified atom stereocenters. The largest absolute Gasteiger partial charge is 0.387 e. The summed E-state index contributed by atoms with van der Waals surface area (Å²) in [6.07, 6.45) is -4.12. The normalized spacial score (nSPS) is 19.7. The third-order valence-electron chi connectivity index (χ3n) is 7.94. The third-order valence-corrected chi connectivity index (χ3v) is 9.36. The molecule has 2 aromatic heterocycles. The van der Waals surface area contributed by atoms with E-state index in [4.69, 9.17) is 4.74 Å². The van der Waals surface area contributed by atoms with Crippen LogP contribution in [0.2, 0.25) is 0 Å². The zero-order valence-corrected chi connectivity index (χ0v) is 26.3. The summed E-state index contributed by atoms with van der Waals surface area (Å²) in [4.78, 5) is 26.4. The van der Waals surface area contributed by atoms with Crippen LogP contribution in [0.5, 0.6) is 0 Å². The number of likely N-dealkylation sites (N-methyl/N-ethyl adjacent to an activating group) is 1. The number of sulfonamides is 1. The first-order valence-corrected chi connectivity index (χ1v) is 16.7. The SMILES string of the molecule is CCNC(=O)[C@H]1O[C@@H](n2cnc3c(NCC(c4ccccc4)c4ccccc4)nc(CNS(=O)(=O)c4ccccc4)nc32)[C@H](O)[C@@H]1O. The van der Waals surface area contributed by atoms with Gasteiger partial charge in [-0.2, -0.15) is 0 Å². The zero-order chi connectivity index (χ0) is 33.0. The van der Waals surface area contributed by atoms with Gasteiger partial charge in [-0.25, -0.2) is 28.1 Å². The summed E-state index contributed by atoms with van der Waals surface area (Å²) >= 11 is 0. The van der Waals surface area contributed by atoms with Crippen molar-refractivity contribution in [2.45, 2.75) is 48.8 Å². The van der Waals surface area contributed by atoms with Crippen LogP contribution in [0.25, 0.3) is 11.2 Å². The average Bonchev–Trinajstić information content (AvgIpc) is 3.65. The van der Waals surface area contributed by atoms with Gasteiger partial charge in [-0.05, 0) is 30.2 Å². The molecule has 1 aliphatic heterocycles. The van der Waals surface area contributed by atoms with Crippen LogP contribution in [-0.4, -0.2) is 75.5 Å². The van der Waals surface area contributed by atoms with Gasteiger partial charge in [0, 0.05) is 19.0 Å². The molecule has 1 aliphatic rings. The molecule has 0 spiro atoms. The zero-order valence-electron chi connectivity index (χ0n) is 25.5. The van der Waals surface area contributed by atoms with Gasteiger partial charge in [-0.1, -0.05) is 78.9 Å². The second kappa shape index (κ2) is 13.9. The van der Waals surface area contributed by atoms with Gasteiger partial charge < -0.3 is 25.6 Å². The Bertz CT molecular complexity index is 1890. The Kier molecular flexibility index (Phi) is 9.56. The van der Waals surface area contributed by atoms with E-state index in [2.05, 4.69) is 30.3 Å². The molecule has 47 heavy (non-hydrogen) atoms. The Labute approximate surface area is 271 Å². The summed E-state index contributed by atoms with van der Waals surface area (Å²) in [6.45, 7) is 2.20. The highest BCUT2D eigenvalue weighted by Crippen LogP contribution is 2.33. The van der Waals surface area contributed by atoms with Crippen LogP contribution in [0.4, 0.5) is 5.82 Å². The first-order valence-electron chi connectivity index (χ1n) is 15.2. The maximum absolute atomic E-state index is 13.0. The van der Waals surface area contributed by atoms with Gasteiger partial charge in [0.1, 0.15) is 18.0 Å². The molecule has 1 saturated heterocycles. The second-order valence-electron chi connectivity index (χ2n) is 11.0. The van der Waals surface area contributed by atoms with Crippen molar-refractivity contribution in [3.8, 4) is 0 Å². The Morgan fingerprint density at radius 3 is 2.15 bits per heavy atom. The number of aliphatic hydroxyl groups excluding tert-OH is 2. The van der Waals surface area contributed by atoms with E-state index in [1.54, 1.807) is 25.1 Å². The lowest BCUT2D eigenvalue weighted by Crippen LogP contribution is -2.42. The Morgan fingerprint density at radius 2 is 1.53 bits per heavy atom. The lowest BCUT2D eigenvalue weighted by Gasteiger charge is -2.20. The number of hydrogen-bond donors (Lipinski definition) is 5. The molecule has 244 valence electrons. The van der Waals surface area contributed by atoms with E-state index in [-0.39, 0.29) is 28.8 Å². The minimum absolute atomic E-state index is 0.0718. The van der Waals surface area contributed by atoms with E-state index >= 15 is 0 Å². The molecular weight excluding hydrogens is 622 g/mol. The Balaban J connectivity index is 1.36. The molecule has 14 heteroatoms. The van der Waals surface area contributed by atoms with E-state index in [0.717, 1.165) is 11.1 Å². The smallest absolute Gasteiger partial charge is 0.252 e. The lowest BCUT2D eigenvalue weighted by molar-refractivity contribution is -0.137. The number of imidazole rings is 1. The van der Waals surface area contributed by atoms with Gasteiger partial charge in [0.25, 0.3) is 5.91 Å². The first kappa shape index (κ1) is 32.2. The molecule has 6 rings (SSSR count). The van der Waals surface area contributed by atoms with Crippen molar-refractivity contribution in [1.29, 1.82) is 0 Å². The topological polar surface area (TPSA) is 181 Å². The van der Waals surface area contributed by atoms with Crippen LogP contribution in [0.3, 0.4) is 0 Å². The number of aliphatic hydroxyl groups is 2. The van der Waals surface area contributed by atoms with Gasteiger partial charge in [-0.3, -0.25) is 9.36 Å².